The third kappa shape index (κ3) is 10.4. The molecule has 6 heteroatoms. The smallest absolute Gasteiger partial charge is 0.220 e. The lowest BCUT2D eigenvalue weighted by Crippen LogP contribution is -2.28. The maximum Gasteiger partial charge on any atom is 0.220 e. The summed E-state index contributed by atoms with van der Waals surface area (Å²) in [5.74, 6) is 0.151. The molecule has 21 heavy (non-hydrogen) atoms. The number of anilines is 1. The van der Waals surface area contributed by atoms with Crippen LogP contribution >= 0.6 is 24.8 Å². The second kappa shape index (κ2) is 14.0. The number of hydrogen-bond donors (Lipinski definition) is 2. The number of rotatable bonds is 9. The molecule has 0 radical (unpaired) electrons. The zero-order valence-corrected chi connectivity index (χ0v) is 14.4. The van der Waals surface area contributed by atoms with Crippen molar-refractivity contribution in [2.45, 2.75) is 19.3 Å². The average Bonchev–Trinajstić information content (AvgIpc) is 2.44. The molecular weight excluding hydrogens is 309 g/mol. The van der Waals surface area contributed by atoms with Crippen molar-refractivity contribution in [3.05, 3.63) is 30.3 Å². The van der Waals surface area contributed by atoms with E-state index >= 15 is 0 Å². The molecule has 0 saturated carbocycles. The van der Waals surface area contributed by atoms with Crippen molar-refractivity contribution < 1.29 is 4.79 Å². The maximum atomic E-state index is 11.5. The zero-order chi connectivity index (χ0) is 13.9. The molecule has 0 fully saturated rings. The van der Waals surface area contributed by atoms with Gasteiger partial charge in [0, 0.05) is 32.2 Å². The van der Waals surface area contributed by atoms with E-state index in [2.05, 4.69) is 34.7 Å². The molecular formula is C15H27Cl2N3O. The van der Waals surface area contributed by atoms with E-state index < -0.39 is 0 Å². The normalized spacial score (nSPS) is 9.24. The molecule has 1 aromatic rings. The van der Waals surface area contributed by atoms with E-state index in [0.717, 1.165) is 32.5 Å². The van der Waals surface area contributed by atoms with Crippen molar-refractivity contribution in [2.75, 3.05) is 38.6 Å². The Labute approximate surface area is 140 Å². The van der Waals surface area contributed by atoms with Crippen LogP contribution < -0.4 is 15.5 Å². The first-order chi connectivity index (χ1) is 9.24. The first-order valence-corrected chi connectivity index (χ1v) is 6.91. The molecule has 4 nitrogen and oxygen atoms in total. The SMILES string of the molecule is CNCCCC(=O)NCCCN(C)c1ccccc1.Cl.Cl. The number of nitrogens with one attached hydrogen (secondary N) is 2. The predicted octanol–water partition coefficient (Wildman–Crippen LogP) is 2.47. The Morgan fingerprint density at radius 2 is 1.76 bits per heavy atom. The van der Waals surface area contributed by atoms with Gasteiger partial charge in [0.15, 0.2) is 0 Å². The quantitative estimate of drug-likeness (QED) is 0.681. The summed E-state index contributed by atoms with van der Waals surface area (Å²) < 4.78 is 0. The van der Waals surface area contributed by atoms with Crippen LogP contribution in [0.15, 0.2) is 30.3 Å². The number of carbonyl (C=O) groups excluding carboxylic acids is 1. The molecule has 0 heterocycles. The molecule has 0 aliphatic rings. The lowest BCUT2D eigenvalue weighted by Gasteiger charge is -2.19. The van der Waals surface area contributed by atoms with Gasteiger partial charge in [-0.05, 0) is 38.6 Å². The number of amides is 1. The van der Waals surface area contributed by atoms with Crippen LogP contribution in [0, 0.1) is 0 Å². The Bertz CT molecular complexity index is 363. The number of hydrogen-bond acceptors (Lipinski definition) is 3. The van der Waals surface area contributed by atoms with Crippen LogP contribution in [0.1, 0.15) is 19.3 Å². The molecule has 0 bridgehead atoms. The molecule has 0 unspecified atom stereocenters. The summed E-state index contributed by atoms with van der Waals surface area (Å²) in [5.41, 5.74) is 1.21. The largest absolute Gasteiger partial charge is 0.375 e. The third-order valence-corrected chi connectivity index (χ3v) is 3.02. The highest BCUT2D eigenvalue weighted by Gasteiger charge is 2.01. The lowest BCUT2D eigenvalue weighted by atomic mass is 10.2. The molecule has 0 saturated heterocycles. The van der Waals surface area contributed by atoms with E-state index in [1.54, 1.807) is 0 Å². The zero-order valence-electron chi connectivity index (χ0n) is 12.8. The van der Waals surface area contributed by atoms with E-state index in [-0.39, 0.29) is 30.7 Å². The van der Waals surface area contributed by atoms with Gasteiger partial charge in [0.1, 0.15) is 0 Å². The minimum absolute atomic E-state index is 0. The molecule has 0 aliphatic heterocycles. The molecule has 0 atom stereocenters. The number of halogens is 2. The second-order valence-electron chi connectivity index (χ2n) is 4.67. The topological polar surface area (TPSA) is 44.4 Å². The van der Waals surface area contributed by atoms with Crippen molar-refractivity contribution >= 4 is 36.4 Å². The van der Waals surface area contributed by atoms with Gasteiger partial charge in [-0.3, -0.25) is 4.79 Å². The standard InChI is InChI=1S/C15H25N3O.2ClH/c1-16-11-6-10-15(19)17-12-7-13-18(2)14-8-4-3-5-9-14;;/h3-5,8-9,16H,6-7,10-13H2,1-2H3,(H,17,19);2*1H. The molecule has 1 amide bonds. The van der Waals surface area contributed by atoms with Crippen LogP contribution in [0.4, 0.5) is 5.69 Å². The van der Waals surface area contributed by atoms with Gasteiger partial charge in [-0.25, -0.2) is 0 Å². The van der Waals surface area contributed by atoms with E-state index in [0.29, 0.717) is 6.42 Å². The Balaban J connectivity index is 0. The van der Waals surface area contributed by atoms with E-state index in [1.165, 1.54) is 5.69 Å². The lowest BCUT2D eigenvalue weighted by molar-refractivity contribution is -0.121. The number of carbonyl (C=O) groups is 1. The van der Waals surface area contributed by atoms with Crippen LogP contribution in [0.5, 0.6) is 0 Å². The van der Waals surface area contributed by atoms with E-state index in [1.807, 2.05) is 25.2 Å². The summed E-state index contributed by atoms with van der Waals surface area (Å²) in [5, 5.41) is 5.99. The number of nitrogens with zero attached hydrogens (tertiary/aromatic N) is 1. The monoisotopic (exact) mass is 335 g/mol. The number of para-hydroxylation sites is 1. The van der Waals surface area contributed by atoms with Crippen molar-refractivity contribution in [1.82, 2.24) is 10.6 Å². The van der Waals surface area contributed by atoms with Crippen LogP contribution in [0.2, 0.25) is 0 Å². The predicted molar refractivity (Wildman–Crippen MR) is 95.0 cm³/mol. The maximum absolute atomic E-state index is 11.5. The second-order valence-corrected chi connectivity index (χ2v) is 4.67. The molecule has 1 aromatic carbocycles. The average molecular weight is 336 g/mol. The molecule has 0 aromatic heterocycles. The molecule has 0 spiro atoms. The Morgan fingerprint density at radius 3 is 2.38 bits per heavy atom. The minimum atomic E-state index is 0. The molecule has 122 valence electrons. The number of benzene rings is 1. The van der Waals surface area contributed by atoms with Gasteiger partial charge in [-0.1, -0.05) is 18.2 Å². The summed E-state index contributed by atoms with van der Waals surface area (Å²) in [6.07, 6.45) is 2.46. The van der Waals surface area contributed by atoms with Gasteiger partial charge in [0.05, 0.1) is 0 Å². The Morgan fingerprint density at radius 1 is 1.10 bits per heavy atom. The molecule has 1 rings (SSSR count). The van der Waals surface area contributed by atoms with Crippen molar-refractivity contribution in [3.63, 3.8) is 0 Å². The fourth-order valence-electron chi connectivity index (χ4n) is 1.87. The summed E-state index contributed by atoms with van der Waals surface area (Å²) in [7, 11) is 3.97. The Kier molecular flexibility index (Phi) is 14.9. The fraction of sp³-hybridized carbons (Fsp3) is 0.533. The fourth-order valence-corrected chi connectivity index (χ4v) is 1.87. The van der Waals surface area contributed by atoms with Gasteiger partial charge in [0.2, 0.25) is 5.91 Å². The van der Waals surface area contributed by atoms with E-state index in [4.69, 9.17) is 0 Å². The highest BCUT2D eigenvalue weighted by molar-refractivity contribution is 5.85. The van der Waals surface area contributed by atoms with Gasteiger partial charge in [-0.15, -0.1) is 24.8 Å². The highest BCUT2D eigenvalue weighted by Crippen LogP contribution is 2.10. The van der Waals surface area contributed by atoms with Gasteiger partial charge in [0.25, 0.3) is 0 Å². The summed E-state index contributed by atoms with van der Waals surface area (Å²) in [6, 6.07) is 10.3. The molecule has 0 aliphatic carbocycles. The van der Waals surface area contributed by atoms with E-state index in [9.17, 15) is 4.79 Å². The third-order valence-electron chi connectivity index (χ3n) is 3.02. The Hall–Kier alpha value is -0.970. The van der Waals surface area contributed by atoms with Crippen LogP contribution in [-0.4, -0.2) is 39.6 Å². The van der Waals surface area contributed by atoms with Gasteiger partial charge in [-0.2, -0.15) is 0 Å². The van der Waals surface area contributed by atoms with Crippen molar-refractivity contribution in [1.29, 1.82) is 0 Å². The van der Waals surface area contributed by atoms with Crippen LogP contribution in [0.3, 0.4) is 0 Å². The molecule has 2 N–H and O–H groups in total. The summed E-state index contributed by atoms with van der Waals surface area (Å²) in [6.45, 7) is 2.58. The minimum Gasteiger partial charge on any atom is -0.375 e. The van der Waals surface area contributed by atoms with Gasteiger partial charge < -0.3 is 15.5 Å². The van der Waals surface area contributed by atoms with Crippen LogP contribution in [0.25, 0.3) is 0 Å². The first kappa shape index (κ1) is 22.3. The van der Waals surface area contributed by atoms with Crippen molar-refractivity contribution in [2.24, 2.45) is 0 Å². The summed E-state index contributed by atoms with van der Waals surface area (Å²) >= 11 is 0. The van der Waals surface area contributed by atoms with Crippen LogP contribution in [-0.2, 0) is 4.79 Å². The first-order valence-electron chi connectivity index (χ1n) is 6.91. The summed E-state index contributed by atoms with van der Waals surface area (Å²) in [4.78, 5) is 13.7. The van der Waals surface area contributed by atoms with Crippen molar-refractivity contribution in [3.8, 4) is 0 Å². The van der Waals surface area contributed by atoms with Gasteiger partial charge >= 0.3 is 0 Å². The highest BCUT2D eigenvalue weighted by atomic mass is 35.5.